The first-order valence-corrected chi connectivity index (χ1v) is 11.9. The molecule has 0 N–H and O–H groups in total. The van der Waals surface area contributed by atoms with Crippen LogP contribution < -0.4 is 0 Å². The molecule has 146 valence electrons. The van der Waals surface area contributed by atoms with Crippen molar-refractivity contribution in [1.29, 1.82) is 0 Å². The smallest absolute Gasteiger partial charge is 0.187 e. The summed E-state index contributed by atoms with van der Waals surface area (Å²) >= 11 is 3.45. The van der Waals surface area contributed by atoms with Crippen LogP contribution in [0.4, 0.5) is 0 Å². The summed E-state index contributed by atoms with van der Waals surface area (Å²) in [6.45, 7) is 5.77. The lowest BCUT2D eigenvalue weighted by Gasteiger charge is -2.32. The first-order valence-electron chi connectivity index (χ1n) is 9.48. The number of nitrogens with zero attached hydrogens (tertiary/aromatic N) is 1. The molecule has 0 bridgehead atoms. The number of hydrogen-bond acceptors (Lipinski definition) is 4. The molecule has 2 aromatic carbocycles. The molecule has 0 saturated carbocycles. The van der Waals surface area contributed by atoms with Gasteiger partial charge in [0.15, 0.2) is 5.78 Å². The number of likely N-dealkylation sites (tertiary alicyclic amines) is 1. The summed E-state index contributed by atoms with van der Waals surface area (Å²) in [5.41, 5.74) is 3.89. The number of Topliss-reactive ketones (excluding diaryl/α,β-unsaturated/α-hetero) is 1. The number of benzene rings is 2. The molecule has 2 aromatic rings. The van der Waals surface area contributed by atoms with Crippen LogP contribution in [0.3, 0.4) is 0 Å². The summed E-state index contributed by atoms with van der Waals surface area (Å²) < 4.78 is 0. The summed E-state index contributed by atoms with van der Waals surface area (Å²) in [6, 6.07) is 17.2. The number of hydrogen-bond donors (Lipinski definition) is 0. The minimum absolute atomic E-state index is 0.166. The fourth-order valence-electron chi connectivity index (χ4n) is 3.23. The van der Waals surface area contributed by atoms with Gasteiger partial charge in [0.1, 0.15) is 0 Å². The molecule has 0 aromatic heterocycles. The first kappa shape index (κ1) is 21.0. The Morgan fingerprint density at radius 2 is 1.18 bits per heavy atom. The lowest BCUT2D eigenvalue weighted by atomic mass is 9.93. The van der Waals surface area contributed by atoms with E-state index in [1.807, 2.05) is 12.2 Å². The van der Waals surface area contributed by atoms with Gasteiger partial charge < -0.3 is 0 Å². The molecule has 1 aliphatic rings. The molecule has 0 atom stereocenters. The predicted molar refractivity (Wildman–Crippen MR) is 124 cm³/mol. The average Bonchev–Trinajstić information content (AvgIpc) is 2.71. The zero-order valence-electron chi connectivity index (χ0n) is 16.9. The predicted octanol–water partition coefficient (Wildman–Crippen LogP) is 5.89. The van der Waals surface area contributed by atoms with E-state index in [2.05, 4.69) is 79.8 Å². The first-order chi connectivity index (χ1) is 13.5. The average molecular weight is 410 g/mol. The normalized spacial score (nSPS) is 18.4. The van der Waals surface area contributed by atoms with Gasteiger partial charge in [-0.05, 0) is 73.9 Å². The number of piperidine rings is 1. The van der Waals surface area contributed by atoms with E-state index in [1.54, 1.807) is 23.5 Å². The second kappa shape index (κ2) is 9.64. The van der Waals surface area contributed by atoms with E-state index in [0.717, 1.165) is 22.3 Å². The largest absolute Gasteiger partial charge is 0.292 e. The highest BCUT2D eigenvalue weighted by Gasteiger charge is 2.27. The SMILES string of the molecule is CSc1ccc(/C=C2/CN(C(C)C)C/C(=C\c3ccc(SC)cc3)C2=O)cc1. The lowest BCUT2D eigenvalue weighted by Crippen LogP contribution is -2.41. The van der Waals surface area contributed by atoms with Gasteiger partial charge in [0.2, 0.25) is 0 Å². The minimum atomic E-state index is 0.166. The molecular formula is C24H27NOS2. The summed E-state index contributed by atoms with van der Waals surface area (Å²) in [4.78, 5) is 18.0. The van der Waals surface area contributed by atoms with Crippen molar-refractivity contribution >= 4 is 41.5 Å². The minimum Gasteiger partial charge on any atom is -0.292 e. The number of carbonyl (C=O) groups excluding carboxylic acids is 1. The molecule has 28 heavy (non-hydrogen) atoms. The number of rotatable bonds is 5. The molecule has 1 heterocycles. The highest BCUT2D eigenvalue weighted by Crippen LogP contribution is 2.25. The maximum atomic E-state index is 13.2. The van der Waals surface area contributed by atoms with Crippen LogP contribution in [0.15, 0.2) is 69.5 Å². The van der Waals surface area contributed by atoms with Crippen LogP contribution in [0.1, 0.15) is 25.0 Å². The third kappa shape index (κ3) is 5.19. The molecular weight excluding hydrogens is 382 g/mol. The van der Waals surface area contributed by atoms with Crippen molar-refractivity contribution < 1.29 is 4.79 Å². The van der Waals surface area contributed by atoms with Crippen LogP contribution in [0.2, 0.25) is 0 Å². The molecule has 1 aliphatic heterocycles. The number of ketones is 1. The summed E-state index contributed by atoms with van der Waals surface area (Å²) in [5.74, 6) is 0.166. The van der Waals surface area contributed by atoms with Crippen molar-refractivity contribution in [3.05, 3.63) is 70.8 Å². The molecule has 1 fully saturated rings. The van der Waals surface area contributed by atoms with Crippen molar-refractivity contribution in [1.82, 2.24) is 4.90 Å². The Morgan fingerprint density at radius 3 is 1.50 bits per heavy atom. The molecule has 0 unspecified atom stereocenters. The fraction of sp³-hybridized carbons (Fsp3) is 0.292. The summed E-state index contributed by atoms with van der Waals surface area (Å²) in [7, 11) is 0. The van der Waals surface area contributed by atoms with Gasteiger partial charge in [0.25, 0.3) is 0 Å². The van der Waals surface area contributed by atoms with Gasteiger partial charge in [-0.2, -0.15) is 0 Å². The Kier molecular flexibility index (Phi) is 7.22. The van der Waals surface area contributed by atoms with Gasteiger partial charge in [-0.25, -0.2) is 0 Å². The van der Waals surface area contributed by atoms with Crippen LogP contribution >= 0.6 is 23.5 Å². The van der Waals surface area contributed by atoms with E-state index < -0.39 is 0 Å². The van der Waals surface area contributed by atoms with Gasteiger partial charge in [-0.3, -0.25) is 9.69 Å². The van der Waals surface area contributed by atoms with E-state index in [1.165, 1.54) is 9.79 Å². The van der Waals surface area contributed by atoms with E-state index in [4.69, 9.17) is 0 Å². The Morgan fingerprint density at radius 1 is 0.786 bits per heavy atom. The second-order valence-electron chi connectivity index (χ2n) is 7.21. The molecule has 0 amide bonds. The maximum Gasteiger partial charge on any atom is 0.187 e. The monoisotopic (exact) mass is 409 g/mol. The van der Waals surface area contributed by atoms with Crippen LogP contribution in [-0.4, -0.2) is 42.3 Å². The molecule has 2 nitrogen and oxygen atoms in total. The summed E-state index contributed by atoms with van der Waals surface area (Å²) in [6.07, 6.45) is 8.24. The standard InChI is InChI=1S/C24H27NOS2/c1-17(2)25-15-20(13-18-5-9-22(27-3)10-6-18)24(26)21(16-25)14-19-7-11-23(28-4)12-8-19/h5-14,17H,15-16H2,1-4H3/b20-13-,21-14+. The number of carbonyl (C=O) groups is 1. The van der Waals surface area contributed by atoms with Crippen molar-refractivity contribution in [2.75, 3.05) is 25.6 Å². The molecule has 4 heteroatoms. The Bertz CT molecular complexity index is 810. The van der Waals surface area contributed by atoms with Gasteiger partial charge in [-0.15, -0.1) is 23.5 Å². The fourth-order valence-corrected chi connectivity index (χ4v) is 4.05. The van der Waals surface area contributed by atoms with E-state index in [0.29, 0.717) is 19.1 Å². The Balaban J connectivity index is 1.92. The van der Waals surface area contributed by atoms with Crippen LogP contribution in [0.25, 0.3) is 12.2 Å². The van der Waals surface area contributed by atoms with E-state index in [-0.39, 0.29) is 5.78 Å². The van der Waals surface area contributed by atoms with Crippen molar-refractivity contribution in [2.24, 2.45) is 0 Å². The van der Waals surface area contributed by atoms with Gasteiger partial charge in [0.05, 0.1) is 0 Å². The Hall–Kier alpha value is -1.75. The molecule has 0 radical (unpaired) electrons. The van der Waals surface area contributed by atoms with E-state index in [9.17, 15) is 4.79 Å². The Labute approximate surface area is 177 Å². The summed E-state index contributed by atoms with van der Waals surface area (Å²) in [5, 5.41) is 0. The lowest BCUT2D eigenvalue weighted by molar-refractivity contribution is -0.113. The van der Waals surface area contributed by atoms with Gasteiger partial charge >= 0.3 is 0 Å². The van der Waals surface area contributed by atoms with Crippen LogP contribution in [-0.2, 0) is 4.79 Å². The van der Waals surface area contributed by atoms with Crippen molar-refractivity contribution in [2.45, 2.75) is 29.7 Å². The topological polar surface area (TPSA) is 20.3 Å². The van der Waals surface area contributed by atoms with Crippen LogP contribution in [0, 0.1) is 0 Å². The second-order valence-corrected chi connectivity index (χ2v) is 8.97. The third-order valence-corrected chi connectivity index (χ3v) is 6.46. The zero-order chi connectivity index (χ0) is 20.1. The van der Waals surface area contributed by atoms with Crippen molar-refractivity contribution in [3.8, 4) is 0 Å². The van der Waals surface area contributed by atoms with Crippen molar-refractivity contribution in [3.63, 3.8) is 0 Å². The zero-order valence-corrected chi connectivity index (χ0v) is 18.6. The van der Waals surface area contributed by atoms with Gasteiger partial charge in [0, 0.05) is 40.1 Å². The molecule has 1 saturated heterocycles. The molecule has 0 spiro atoms. The quantitative estimate of drug-likeness (QED) is 0.453. The molecule has 3 rings (SSSR count). The maximum absolute atomic E-state index is 13.2. The number of thioether (sulfide) groups is 2. The highest BCUT2D eigenvalue weighted by molar-refractivity contribution is 7.98. The highest BCUT2D eigenvalue weighted by atomic mass is 32.2. The molecule has 0 aliphatic carbocycles. The van der Waals surface area contributed by atoms with Gasteiger partial charge in [-0.1, -0.05) is 24.3 Å². The third-order valence-electron chi connectivity index (χ3n) is 4.97. The van der Waals surface area contributed by atoms with Crippen LogP contribution in [0.5, 0.6) is 0 Å². The van der Waals surface area contributed by atoms with E-state index >= 15 is 0 Å².